The summed E-state index contributed by atoms with van der Waals surface area (Å²) in [5, 5.41) is 0. The first-order valence-electron chi connectivity index (χ1n) is 0.837. The standard InChI is InChI=1S/ClHO4S.ClH/c1-5-6(2,3)4;/h(H,2,3,4);1H. The monoisotopic (exact) mass is 168 g/mol. The van der Waals surface area contributed by atoms with E-state index in [9.17, 15) is 8.42 Å². The third-order valence-electron chi connectivity index (χ3n) is 0.0796. The Hall–Kier alpha value is 0.450. The maximum absolute atomic E-state index is 9.20. The number of hydrogen-bond donors (Lipinski definition) is 1. The van der Waals surface area contributed by atoms with Gasteiger partial charge in [-0.2, -0.15) is 8.42 Å². The van der Waals surface area contributed by atoms with Crippen LogP contribution >= 0.6 is 24.3 Å². The van der Waals surface area contributed by atoms with Crippen LogP contribution in [0.1, 0.15) is 0 Å². The normalized spacial score (nSPS) is 10.0. The van der Waals surface area contributed by atoms with Crippen LogP contribution < -0.4 is 0 Å². The second kappa shape index (κ2) is 3.45. The Morgan fingerprint density at radius 2 is 1.71 bits per heavy atom. The third kappa shape index (κ3) is 10.7. The van der Waals surface area contributed by atoms with Gasteiger partial charge in [0.05, 0.1) is 11.9 Å². The molecule has 0 unspecified atom stereocenters. The average Bonchev–Trinajstić information content (AvgIpc) is 1.35. The van der Waals surface area contributed by atoms with Gasteiger partial charge in [-0.25, -0.2) is 0 Å². The van der Waals surface area contributed by atoms with Crippen molar-refractivity contribution in [3.63, 3.8) is 0 Å². The highest BCUT2D eigenvalue weighted by molar-refractivity contribution is 7.81. The summed E-state index contributed by atoms with van der Waals surface area (Å²) in [6, 6.07) is 0. The van der Waals surface area contributed by atoms with Gasteiger partial charge < -0.3 is 0 Å². The van der Waals surface area contributed by atoms with Gasteiger partial charge in [0.15, 0.2) is 0 Å². The molecule has 0 saturated carbocycles. The van der Waals surface area contributed by atoms with Gasteiger partial charge in [0.2, 0.25) is 0 Å². The molecule has 0 atom stereocenters. The molecule has 0 heterocycles. The highest BCUT2D eigenvalue weighted by Crippen LogP contribution is 1.86. The SMILES string of the molecule is Cl.O=S(=O)(O)OCl. The Bertz CT molecular complexity index is 112. The predicted molar refractivity (Wildman–Crippen MR) is 25.7 cm³/mol. The molecule has 0 radical (unpaired) electrons. The Balaban J connectivity index is 0. The molecule has 0 bridgehead atoms. The zero-order valence-electron chi connectivity index (χ0n) is 2.87. The number of halogens is 2. The molecule has 0 aliphatic rings. The first kappa shape index (κ1) is 10.4. The summed E-state index contributed by atoms with van der Waals surface area (Å²) < 4.78 is 28.8. The predicted octanol–water partition coefficient (Wildman–Crippen LogP) is 0.381. The second-order valence-electron chi connectivity index (χ2n) is 0.491. The van der Waals surface area contributed by atoms with Crippen molar-refractivity contribution in [2.45, 2.75) is 0 Å². The van der Waals surface area contributed by atoms with Crippen molar-refractivity contribution in [2.24, 2.45) is 0 Å². The van der Waals surface area contributed by atoms with Crippen LogP contribution in [0.25, 0.3) is 0 Å². The average molecular weight is 169 g/mol. The largest absolute Gasteiger partial charge is 0.413 e. The Kier molecular flexibility index (Phi) is 5.15. The summed E-state index contributed by atoms with van der Waals surface area (Å²) >= 11 is 4.14. The van der Waals surface area contributed by atoms with E-state index in [1.54, 1.807) is 0 Å². The van der Waals surface area contributed by atoms with Gasteiger partial charge in [0.1, 0.15) is 0 Å². The summed E-state index contributed by atoms with van der Waals surface area (Å²) in [5.74, 6) is 0. The molecular weight excluding hydrogens is 167 g/mol. The summed E-state index contributed by atoms with van der Waals surface area (Å²) in [4.78, 5) is 0. The zero-order valence-corrected chi connectivity index (χ0v) is 5.26. The zero-order chi connectivity index (χ0) is 5.21. The maximum atomic E-state index is 9.20. The minimum Gasteiger partial charge on any atom is -0.263 e. The summed E-state index contributed by atoms with van der Waals surface area (Å²) in [7, 11) is -4.40. The van der Waals surface area contributed by atoms with Crippen molar-refractivity contribution >= 4 is 34.7 Å². The Morgan fingerprint density at radius 1 is 1.57 bits per heavy atom. The fraction of sp³-hybridized carbons (Fsp3) is 0. The first-order chi connectivity index (χ1) is 2.56. The smallest absolute Gasteiger partial charge is 0.263 e. The van der Waals surface area contributed by atoms with E-state index in [2.05, 4.69) is 15.6 Å². The van der Waals surface area contributed by atoms with E-state index in [0.717, 1.165) is 0 Å². The van der Waals surface area contributed by atoms with Crippen molar-refractivity contribution in [2.75, 3.05) is 0 Å². The number of rotatable bonds is 1. The quantitative estimate of drug-likeness (QED) is 0.576. The molecule has 0 aliphatic heterocycles. The van der Waals surface area contributed by atoms with Gasteiger partial charge in [-0.1, -0.05) is 0 Å². The highest BCUT2D eigenvalue weighted by Gasteiger charge is 1.97. The van der Waals surface area contributed by atoms with Crippen LogP contribution in [0.3, 0.4) is 0 Å². The van der Waals surface area contributed by atoms with Crippen LogP contribution in [0.2, 0.25) is 0 Å². The highest BCUT2D eigenvalue weighted by atomic mass is 35.5. The van der Waals surface area contributed by atoms with Crippen molar-refractivity contribution < 1.29 is 16.7 Å². The van der Waals surface area contributed by atoms with Gasteiger partial charge in [-0.3, -0.25) is 4.55 Å². The summed E-state index contributed by atoms with van der Waals surface area (Å²) in [5.41, 5.74) is 0. The van der Waals surface area contributed by atoms with E-state index in [1.165, 1.54) is 0 Å². The van der Waals surface area contributed by atoms with Crippen molar-refractivity contribution in [1.82, 2.24) is 0 Å². The van der Waals surface area contributed by atoms with Gasteiger partial charge in [0, 0.05) is 0 Å². The molecule has 7 heteroatoms. The fourth-order valence-corrected chi connectivity index (χ4v) is 0. The second-order valence-corrected chi connectivity index (χ2v) is 1.85. The molecule has 7 heavy (non-hydrogen) atoms. The summed E-state index contributed by atoms with van der Waals surface area (Å²) in [6.07, 6.45) is 0. The molecule has 0 saturated heterocycles. The first-order valence-corrected chi connectivity index (χ1v) is 2.51. The Morgan fingerprint density at radius 3 is 1.71 bits per heavy atom. The lowest BCUT2D eigenvalue weighted by Gasteiger charge is -1.77. The van der Waals surface area contributed by atoms with Gasteiger partial charge in [-0.05, 0) is 0 Å². The molecule has 0 fully saturated rings. The molecule has 0 aromatic carbocycles. The van der Waals surface area contributed by atoms with Gasteiger partial charge in [-0.15, -0.1) is 16.1 Å². The van der Waals surface area contributed by atoms with E-state index < -0.39 is 10.4 Å². The van der Waals surface area contributed by atoms with E-state index in [0.29, 0.717) is 0 Å². The fourth-order valence-electron chi connectivity index (χ4n) is 0. The van der Waals surface area contributed by atoms with Gasteiger partial charge in [0.25, 0.3) is 0 Å². The van der Waals surface area contributed by atoms with E-state index in [4.69, 9.17) is 4.55 Å². The van der Waals surface area contributed by atoms with Crippen molar-refractivity contribution in [3.05, 3.63) is 0 Å². The Labute approximate surface area is 52.0 Å². The molecule has 0 amide bonds. The van der Waals surface area contributed by atoms with Crippen LogP contribution in [-0.2, 0) is 14.1 Å². The molecule has 0 aromatic heterocycles. The van der Waals surface area contributed by atoms with Crippen LogP contribution in [0, 0.1) is 0 Å². The lowest BCUT2D eigenvalue weighted by molar-refractivity contribution is 0.400. The van der Waals surface area contributed by atoms with E-state index >= 15 is 0 Å². The molecular formula is H2Cl2O4S. The molecule has 4 nitrogen and oxygen atoms in total. The van der Waals surface area contributed by atoms with Crippen LogP contribution in [0.15, 0.2) is 0 Å². The van der Waals surface area contributed by atoms with Crippen LogP contribution in [-0.4, -0.2) is 13.0 Å². The maximum Gasteiger partial charge on any atom is 0.413 e. The number of hydrogen-bond acceptors (Lipinski definition) is 3. The molecule has 1 N–H and O–H groups in total. The molecule has 0 spiro atoms. The minimum atomic E-state index is -4.40. The van der Waals surface area contributed by atoms with Gasteiger partial charge >= 0.3 is 10.4 Å². The lowest BCUT2D eigenvalue weighted by Crippen LogP contribution is -1.92. The molecule has 0 rings (SSSR count). The molecule has 46 valence electrons. The minimum absolute atomic E-state index is 0. The van der Waals surface area contributed by atoms with E-state index in [1.807, 2.05) is 0 Å². The van der Waals surface area contributed by atoms with Crippen molar-refractivity contribution in [1.29, 1.82) is 0 Å². The summed E-state index contributed by atoms with van der Waals surface area (Å²) in [6.45, 7) is 0. The topological polar surface area (TPSA) is 63.6 Å². The third-order valence-corrected chi connectivity index (χ3v) is 0.716. The van der Waals surface area contributed by atoms with Crippen molar-refractivity contribution in [3.8, 4) is 0 Å². The molecule has 0 aromatic rings. The molecule has 0 aliphatic carbocycles. The van der Waals surface area contributed by atoms with E-state index in [-0.39, 0.29) is 12.4 Å². The lowest BCUT2D eigenvalue weighted by atomic mass is 15.8. The van der Waals surface area contributed by atoms with Crippen LogP contribution in [0.5, 0.6) is 0 Å². The van der Waals surface area contributed by atoms with Crippen LogP contribution in [0.4, 0.5) is 0 Å².